The van der Waals surface area contributed by atoms with Crippen molar-refractivity contribution in [1.29, 1.82) is 0 Å². The molecule has 15 heteroatoms. The molecule has 170 valence electrons. The Balaban J connectivity index is 1.61. The molecule has 3 N–H and O–H groups in total. The quantitative estimate of drug-likeness (QED) is 0.317. The number of fused-ring (bicyclic) bond motifs is 1. The zero-order valence-corrected chi connectivity index (χ0v) is 18.6. The highest BCUT2D eigenvalue weighted by molar-refractivity contribution is 8.56. The van der Waals surface area contributed by atoms with Crippen LogP contribution in [0.2, 0.25) is 0 Å². The average Bonchev–Trinajstić information content (AvgIpc) is 3.42. The van der Waals surface area contributed by atoms with Crippen LogP contribution in [0.4, 0.5) is 0 Å². The second-order valence-corrected chi connectivity index (χ2v) is 10.8. The van der Waals surface area contributed by atoms with Crippen LogP contribution in [-0.4, -0.2) is 70.6 Å². The van der Waals surface area contributed by atoms with Crippen molar-refractivity contribution >= 4 is 41.1 Å². The molecule has 2 aromatic heterocycles. The van der Waals surface area contributed by atoms with Gasteiger partial charge in [0, 0.05) is 7.05 Å². The van der Waals surface area contributed by atoms with Gasteiger partial charge >= 0.3 is 12.7 Å². The summed E-state index contributed by atoms with van der Waals surface area (Å²) >= 11 is 0.778. The summed E-state index contributed by atoms with van der Waals surface area (Å²) in [6, 6.07) is 0. The monoisotopic (exact) mass is 474 g/mol. The molecular weight excluding hydrogens is 451 g/mol. The summed E-state index contributed by atoms with van der Waals surface area (Å²) in [7, 11) is 2.67. The van der Waals surface area contributed by atoms with Gasteiger partial charge in [-0.1, -0.05) is 0 Å². The van der Waals surface area contributed by atoms with E-state index in [0.717, 1.165) is 11.4 Å². The van der Waals surface area contributed by atoms with Gasteiger partial charge < -0.3 is 24.3 Å². The third-order valence-electron chi connectivity index (χ3n) is 4.48. The molecule has 0 spiro atoms. The molecule has 3 atom stereocenters. The maximum atomic E-state index is 13.1. The summed E-state index contributed by atoms with van der Waals surface area (Å²) in [5.41, 5.74) is 0.280. The van der Waals surface area contributed by atoms with E-state index in [1.807, 2.05) is 0 Å². The number of methoxy groups -OCH3 is 1. The molecule has 1 aliphatic heterocycles. The number of nitrogens with one attached hydrogen (secondary N) is 3. The molecule has 3 rings (SSSR count). The zero-order chi connectivity index (χ0) is 22.4. The maximum Gasteiger partial charge on any atom is 0.327 e. The highest BCUT2D eigenvalue weighted by atomic mass is 32.7. The lowest BCUT2D eigenvalue weighted by Gasteiger charge is -2.21. The summed E-state index contributed by atoms with van der Waals surface area (Å²) in [5, 5.41) is 4.97. The number of aromatic amines is 1. The molecule has 1 fully saturated rings. The fraction of sp³-hybridized carbons (Fsp3) is 0.562. The lowest BCUT2D eigenvalue weighted by atomic mass is 10.2. The summed E-state index contributed by atoms with van der Waals surface area (Å²) in [4.78, 5) is 45.4. The molecule has 0 bridgehead atoms. The standard InChI is InChI=1S/C16H23N6O7PS/c1-17-11(23)7-31-30(26,21-5-13(24)27-2)28-6-10-3-4-12(29-10)22-9-20-14-15(22)18-8-19-16(14)25/h8-10,12H,3-7H2,1-2H3,(H,17,23)(H,21,26)(H,18,19,25)/t10-,12+,30?/m0/s1. The highest BCUT2D eigenvalue weighted by Gasteiger charge is 2.32. The van der Waals surface area contributed by atoms with Crippen molar-refractivity contribution in [3.05, 3.63) is 23.0 Å². The van der Waals surface area contributed by atoms with Crippen molar-refractivity contribution in [3.63, 3.8) is 0 Å². The van der Waals surface area contributed by atoms with Crippen LogP contribution in [0.5, 0.6) is 0 Å². The first-order valence-corrected chi connectivity index (χ1v) is 12.5. The number of carbonyl (C=O) groups is 2. The fourth-order valence-electron chi connectivity index (χ4n) is 2.85. The van der Waals surface area contributed by atoms with Crippen LogP contribution < -0.4 is 16.0 Å². The predicted octanol–water partition coefficient (Wildman–Crippen LogP) is 0.164. The summed E-state index contributed by atoms with van der Waals surface area (Å²) in [6.45, 7) is -3.94. The Kier molecular flexibility index (Phi) is 7.84. The van der Waals surface area contributed by atoms with Gasteiger partial charge in [-0.2, -0.15) is 0 Å². The molecule has 1 amide bonds. The summed E-state index contributed by atoms with van der Waals surface area (Å²) in [5.74, 6) is -1.06. The highest BCUT2D eigenvalue weighted by Crippen LogP contribution is 2.56. The number of amides is 1. The van der Waals surface area contributed by atoms with Gasteiger partial charge in [-0.15, -0.1) is 0 Å². The number of hydrogen-bond acceptors (Lipinski definition) is 10. The molecule has 2 aromatic rings. The molecule has 0 radical (unpaired) electrons. The third-order valence-corrected chi connectivity index (χ3v) is 8.36. The van der Waals surface area contributed by atoms with Crippen LogP contribution in [0, 0.1) is 0 Å². The van der Waals surface area contributed by atoms with Crippen molar-refractivity contribution < 1.29 is 28.2 Å². The van der Waals surface area contributed by atoms with Crippen molar-refractivity contribution in [2.45, 2.75) is 25.2 Å². The van der Waals surface area contributed by atoms with Crippen LogP contribution in [0.15, 0.2) is 17.4 Å². The molecule has 13 nitrogen and oxygen atoms in total. The molecule has 0 aliphatic carbocycles. The van der Waals surface area contributed by atoms with E-state index in [-0.39, 0.29) is 35.9 Å². The number of rotatable bonds is 10. The topological polar surface area (TPSA) is 167 Å². The van der Waals surface area contributed by atoms with Gasteiger partial charge in [-0.05, 0) is 24.2 Å². The van der Waals surface area contributed by atoms with Gasteiger partial charge in [0.2, 0.25) is 5.91 Å². The molecule has 3 heterocycles. The van der Waals surface area contributed by atoms with E-state index >= 15 is 0 Å². The second kappa shape index (κ2) is 10.4. The van der Waals surface area contributed by atoms with E-state index in [2.05, 4.69) is 30.1 Å². The number of imidazole rings is 1. The van der Waals surface area contributed by atoms with Crippen molar-refractivity contribution in [2.24, 2.45) is 0 Å². The zero-order valence-electron chi connectivity index (χ0n) is 16.9. The molecule has 1 saturated heterocycles. The molecule has 0 saturated carbocycles. The van der Waals surface area contributed by atoms with E-state index in [9.17, 15) is 18.9 Å². The summed E-state index contributed by atoms with van der Waals surface area (Å²) < 4.78 is 30.8. The smallest absolute Gasteiger partial charge is 0.327 e. The van der Waals surface area contributed by atoms with Gasteiger partial charge in [-0.3, -0.25) is 23.5 Å². The van der Waals surface area contributed by atoms with Gasteiger partial charge in [0.25, 0.3) is 5.56 Å². The Labute approximate surface area is 180 Å². The molecule has 1 aliphatic rings. The van der Waals surface area contributed by atoms with Crippen LogP contribution in [0.3, 0.4) is 0 Å². The Hall–Kier alpha value is -2.25. The number of nitrogens with zero attached hydrogens (tertiary/aromatic N) is 3. The van der Waals surface area contributed by atoms with Crippen LogP contribution >= 0.6 is 18.1 Å². The fourth-order valence-corrected chi connectivity index (χ4v) is 5.96. The number of H-pyrrole nitrogens is 1. The number of esters is 1. The van der Waals surface area contributed by atoms with E-state index in [1.54, 1.807) is 4.57 Å². The van der Waals surface area contributed by atoms with Crippen molar-refractivity contribution in [3.8, 4) is 0 Å². The molecule has 1 unspecified atom stereocenters. The van der Waals surface area contributed by atoms with Crippen molar-refractivity contribution in [1.82, 2.24) is 29.9 Å². The minimum atomic E-state index is -3.58. The average molecular weight is 474 g/mol. The predicted molar refractivity (Wildman–Crippen MR) is 111 cm³/mol. The first-order chi connectivity index (χ1) is 14.8. The molecule has 31 heavy (non-hydrogen) atoms. The lowest BCUT2D eigenvalue weighted by molar-refractivity contribution is -0.139. The van der Waals surface area contributed by atoms with E-state index < -0.39 is 25.0 Å². The Bertz CT molecular complexity index is 1020. The number of aromatic nitrogens is 4. The second-order valence-electron chi connectivity index (χ2n) is 6.50. The number of ether oxygens (including phenoxy) is 2. The van der Waals surface area contributed by atoms with Gasteiger partial charge in [0.05, 0.1) is 38.2 Å². The minimum Gasteiger partial charge on any atom is -0.468 e. The van der Waals surface area contributed by atoms with Crippen LogP contribution in [0.1, 0.15) is 19.1 Å². The SMILES string of the molecule is CNC(=O)CSP(=O)(NCC(=O)OC)OC[C@@H]1CC[C@H](n2cnc3c(=O)[nH]cnc32)O1. The Morgan fingerprint density at radius 1 is 1.42 bits per heavy atom. The normalized spacial score (nSPS) is 20.5. The van der Waals surface area contributed by atoms with Gasteiger partial charge in [-0.25, -0.2) is 15.1 Å². The third kappa shape index (κ3) is 5.92. The van der Waals surface area contributed by atoms with Crippen molar-refractivity contribution in [2.75, 3.05) is 33.1 Å². The first-order valence-electron chi connectivity index (χ1n) is 9.32. The lowest BCUT2D eigenvalue weighted by Crippen LogP contribution is -2.25. The Morgan fingerprint density at radius 3 is 2.97 bits per heavy atom. The van der Waals surface area contributed by atoms with Crippen LogP contribution in [-0.2, 0) is 28.2 Å². The van der Waals surface area contributed by atoms with Gasteiger partial charge in [0.1, 0.15) is 12.8 Å². The van der Waals surface area contributed by atoms with Gasteiger partial charge in [0.15, 0.2) is 11.2 Å². The molecular formula is C16H23N6O7PS. The van der Waals surface area contributed by atoms with Crippen LogP contribution in [0.25, 0.3) is 11.2 Å². The van der Waals surface area contributed by atoms with E-state index in [0.29, 0.717) is 18.5 Å². The maximum absolute atomic E-state index is 13.1. The number of hydrogen-bond donors (Lipinski definition) is 3. The summed E-state index contributed by atoms with van der Waals surface area (Å²) in [6.07, 6.45) is 3.20. The minimum absolute atomic E-state index is 0.0245. The largest absolute Gasteiger partial charge is 0.468 e. The molecule has 0 aromatic carbocycles. The Morgan fingerprint density at radius 2 is 2.23 bits per heavy atom. The number of carbonyl (C=O) groups excluding carboxylic acids is 2. The van der Waals surface area contributed by atoms with E-state index in [1.165, 1.54) is 26.8 Å². The van der Waals surface area contributed by atoms with E-state index in [4.69, 9.17) is 9.26 Å². The first kappa shape index (κ1) is 23.4.